The molecule has 0 aliphatic heterocycles. The van der Waals surface area contributed by atoms with E-state index in [0.29, 0.717) is 6.61 Å². The number of carboxylic acids is 1. The van der Waals surface area contributed by atoms with Crippen LogP contribution in [0.3, 0.4) is 0 Å². The summed E-state index contributed by atoms with van der Waals surface area (Å²) in [5, 5.41) is 8.93. The Morgan fingerprint density at radius 2 is 1.78 bits per heavy atom. The van der Waals surface area contributed by atoms with Gasteiger partial charge in [0, 0.05) is 5.56 Å². The van der Waals surface area contributed by atoms with Gasteiger partial charge in [0.2, 0.25) is 0 Å². The second-order valence-corrected chi connectivity index (χ2v) is 7.52. The molecule has 2 aromatic carbocycles. The van der Waals surface area contributed by atoms with Crippen molar-refractivity contribution in [2.24, 2.45) is 0 Å². The van der Waals surface area contributed by atoms with Crippen LogP contribution in [0.2, 0.25) is 0 Å². The molecule has 0 fully saturated rings. The van der Waals surface area contributed by atoms with E-state index in [1.54, 1.807) is 24.3 Å². The van der Waals surface area contributed by atoms with Gasteiger partial charge in [-0.15, -0.1) is 0 Å². The van der Waals surface area contributed by atoms with Crippen LogP contribution in [0, 0.1) is 6.92 Å². The third kappa shape index (κ3) is 4.35. The minimum absolute atomic E-state index is 0.0307. The number of ether oxygens (including phenoxy) is 1. The lowest BCUT2D eigenvalue weighted by Crippen LogP contribution is -2.14. The SMILES string of the molecule is Cc1cc(Br)c(OCc2ccc(C(=O)O)cc2)c(C(C)(C)C)c1. The summed E-state index contributed by atoms with van der Waals surface area (Å²) < 4.78 is 6.98. The molecule has 2 rings (SSSR count). The van der Waals surface area contributed by atoms with E-state index in [4.69, 9.17) is 9.84 Å². The van der Waals surface area contributed by atoms with Gasteiger partial charge in [0.15, 0.2) is 0 Å². The van der Waals surface area contributed by atoms with Gasteiger partial charge in [0.1, 0.15) is 12.4 Å². The maximum atomic E-state index is 10.9. The maximum absolute atomic E-state index is 10.9. The van der Waals surface area contributed by atoms with Gasteiger partial charge in [-0.1, -0.05) is 39.0 Å². The topological polar surface area (TPSA) is 46.5 Å². The van der Waals surface area contributed by atoms with Crippen molar-refractivity contribution in [3.63, 3.8) is 0 Å². The number of aromatic carboxylic acids is 1. The van der Waals surface area contributed by atoms with Gasteiger partial charge in [-0.3, -0.25) is 0 Å². The summed E-state index contributed by atoms with van der Waals surface area (Å²) in [7, 11) is 0. The molecule has 0 spiro atoms. The standard InChI is InChI=1S/C19H21BrO3/c1-12-9-15(19(2,3)4)17(16(20)10-12)23-11-13-5-7-14(8-6-13)18(21)22/h5-10H,11H2,1-4H3,(H,21,22). The molecule has 0 heterocycles. The first-order chi connectivity index (χ1) is 10.7. The zero-order valence-electron chi connectivity index (χ0n) is 13.8. The molecule has 122 valence electrons. The van der Waals surface area contributed by atoms with Crippen LogP contribution >= 0.6 is 15.9 Å². The van der Waals surface area contributed by atoms with Gasteiger partial charge in [0.25, 0.3) is 0 Å². The number of halogens is 1. The fourth-order valence-electron chi connectivity index (χ4n) is 2.33. The van der Waals surface area contributed by atoms with Crippen LogP contribution in [0.25, 0.3) is 0 Å². The van der Waals surface area contributed by atoms with Crippen molar-refractivity contribution in [2.45, 2.75) is 39.7 Å². The van der Waals surface area contributed by atoms with Crippen LogP contribution in [0.15, 0.2) is 40.9 Å². The van der Waals surface area contributed by atoms with E-state index < -0.39 is 5.97 Å². The quantitative estimate of drug-likeness (QED) is 0.783. The summed E-state index contributed by atoms with van der Waals surface area (Å²) in [5.41, 5.74) is 3.51. The molecule has 0 aromatic heterocycles. The average molecular weight is 377 g/mol. The fraction of sp³-hybridized carbons (Fsp3) is 0.316. The van der Waals surface area contributed by atoms with Crippen molar-refractivity contribution in [3.05, 3.63) is 63.1 Å². The largest absolute Gasteiger partial charge is 0.487 e. The minimum atomic E-state index is -0.922. The number of hydrogen-bond donors (Lipinski definition) is 1. The molecule has 0 saturated carbocycles. The Morgan fingerprint density at radius 3 is 2.30 bits per heavy atom. The van der Waals surface area contributed by atoms with Gasteiger partial charge < -0.3 is 9.84 Å². The van der Waals surface area contributed by atoms with Gasteiger partial charge in [-0.05, 0) is 57.6 Å². The van der Waals surface area contributed by atoms with Crippen LogP contribution in [0.5, 0.6) is 5.75 Å². The second kappa shape index (κ2) is 6.75. The predicted molar refractivity (Wildman–Crippen MR) is 95.3 cm³/mol. The lowest BCUT2D eigenvalue weighted by atomic mass is 9.85. The number of benzene rings is 2. The van der Waals surface area contributed by atoms with E-state index in [1.165, 1.54) is 5.56 Å². The molecule has 0 bridgehead atoms. The van der Waals surface area contributed by atoms with Crippen molar-refractivity contribution < 1.29 is 14.6 Å². The van der Waals surface area contributed by atoms with Crippen molar-refractivity contribution in [3.8, 4) is 5.75 Å². The van der Waals surface area contributed by atoms with E-state index in [-0.39, 0.29) is 11.0 Å². The maximum Gasteiger partial charge on any atom is 0.335 e. The molecular formula is C19H21BrO3. The third-order valence-electron chi connectivity index (χ3n) is 3.58. The molecular weight excluding hydrogens is 356 g/mol. The van der Waals surface area contributed by atoms with Crippen molar-refractivity contribution in [1.29, 1.82) is 0 Å². The summed E-state index contributed by atoms with van der Waals surface area (Å²) >= 11 is 3.59. The molecule has 0 radical (unpaired) electrons. The third-order valence-corrected chi connectivity index (χ3v) is 4.17. The van der Waals surface area contributed by atoms with Gasteiger partial charge >= 0.3 is 5.97 Å². The minimum Gasteiger partial charge on any atom is -0.487 e. The zero-order valence-corrected chi connectivity index (χ0v) is 15.4. The lowest BCUT2D eigenvalue weighted by molar-refractivity contribution is 0.0697. The van der Waals surface area contributed by atoms with Crippen LogP contribution in [-0.4, -0.2) is 11.1 Å². The molecule has 0 saturated heterocycles. The smallest absolute Gasteiger partial charge is 0.335 e. The highest BCUT2D eigenvalue weighted by molar-refractivity contribution is 9.10. The number of hydrogen-bond acceptors (Lipinski definition) is 2. The molecule has 0 amide bonds. The Bertz CT molecular complexity index is 713. The Labute approximate surface area is 145 Å². The Morgan fingerprint density at radius 1 is 1.17 bits per heavy atom. The molecule has 4 heteroatoms. The van der Waals surface area contributed by atoms with Gasteiger partial charge in [-0.2, -0.15) is 0 Å². The molecule has 0 unspecified atom stereocenters. The van der Waals surface area contributed by atoms with E-state index in [1.807, 2.05) is 6.07 Å². The molecule has 2 aromatic rings. The number of rotatable bonds is 4. The van der Waals surface area contributed by atoms with Crippen LogP contribution in [0.1, 0.15) is 47.8 Å². The number of carbonyl (C=O) groups is 1. The normalized spacial score (nSPS) is 11.3. The van der Waals surface area contributed by atoms with Crippen LogP contribution in [-0.2, 0) is 12.0 Å². The summed E-state index contributed by atoms with van der Waals surface area (Å²) in [6, 6.07) is 10.9. The zero-order chi connectivity index (χ0) is 17.2. The highest BCUT2D eigenvalue weighted by Crippen LogP contribution is 2.38. The molecule has 3 nitrogen and oxygen atoms in total. The lowest BCUT2D eigenvalue weighted by Gasteiger charge is -2.24. The number of aryl methyl sites for hydroxylation is 1. The Balaban J connectivity index is 2.25. The summed E-state index contributed by atoms with van der Waals surface area (Å²) in [6.45, 7) is 8.92. The van der Waals surface area contributed by atoms with Crippen molar-refractivity contribution in [2.75, 3.05) is 0 Å². The second-order valence-electron chi connectivity index (χ2n) is 6.66. The van der Waals surface area contributed by atoms with E-state index in [2.05, 4.69) is 49.7 Å². The first-order valence-electron chi connectivity index (χ1n) is 7.44. The average Bonchev–Trinajstić information content (AvgIpc) is 2.45. The van der Waals surface area contributed by atoms with Crippen LogP contribution in [0.4, 0.5) is 0 Å². The fourth-order valence-corrected chi connectivity index (χ4v) is 3.02. The number of carboxylic acid groups (broad SMARTS) is 1. The summed E-state index contributed by atoms with van der Waals surface area (Å²) in [6.07, 6.45) is 0. The van der Waals surface area contributed by atoms with E-state index in [9.17, 15) is 4.79 Å². The van der Waals surface area contributed by atoms with Gasteiger partial charge in [0.05, 0.1) is 10.0 Å². The van der Waals surface area contributed by atoms with E-state index >= 15 is 0 Å². The van der Waals surface area contributed by atoms with Crippen molar-refractivity contribution >= 4 is 21.9 Å². The molecule has 0 aliphatic rings. The van der Waals surface area contributed by atoms with E-state index in [0.717, 1.165) is 21.3 Å². The molecule has 0 atom stereocenters. The first-order valence-corrected chi connectivity index (χ1v) is 8.23. The highest BCUT2D eigenvalue weighted by atomic mass is 79.9. The first kappa shape index (κ1) is 17.5. The predicted octanol–water partition coefficient (Wildman–Crippen LogP) is 5.33. The highest BCUT2D eigenvalue weighted by Gasteiger charge is 2.21. The summed E-state index contributed by atoms with van der Waals surface area (Å²) in [4.78, 5) is 10.9. The van der Waals surface area contributed by atoms with Crippen LogP contribution < -0.4 is 4.74 Å². The Hall–Kier alpha value is -1.81. The summed E-state index contributed by atoms with van der Waals surface area (Å²) in [5.74, 6) is -0.0841. The monoisotopic (exact) mass is 376 g/mol. The molecule has 0 aliphatic carbocycles. The molecule has 1 N–H and O–H groups in total. The molecule has 23 heavy (non-hydrogen) atoms. The van der Waals surface area contributed by atoms with Crippen molar-refractivity contribution in [1.82, 2.24) is 0 Å². The Kier molecular flexibility index (Phi) is 5.15. The van der Waals surface area contributed by atoms with Gasteiger partial charge in [-0.25, -0.2) is 4.79 Å².